The molecule has 0 amide bonds. The first-order chi connectivity index (χ1) is 7.25. The van der Waals surface area contributed by atoms with Crippen molar-refractivity contribution >= 4 is 34.6 Å². The van der Waals surface area contributed by atoms with E-state index in [1.165, 1.54) is 0 Å². The summed E-state index contributed by atoms with van der Waals surface area (Å²) in [7, 11) is 0. The smallest absolute Gasteiger partial charge is 0.302 e. The molecule has 1 aromatic heterocycles. The Kier molecular flexibility index (Phi) is 3.41. The van der Waals surface area contributed by atoms with Crippen LogP contribution in [0, 0.1) is 9.18 Å². The second-order valence-corrected chi connectivity index (χ2v) is 4.11. The zero-order chi connectivity index (χ0) is 10.7. The van der Waals surface area contributed by atoms with Gasteiger partial charge in [0.15, 0.2) is 9.73 Å². The highest BCUT2D eigenvalue weighted by Crippen LogP contribution is 2.11. The maximum Gasteiger partial charge on any atom is 0.302 e. The first-order valence-corrected chi connectivity index (χ1v) is 5.63. The van der Waals surface area contributed by atoms with E-state index in [9.17, 15) is 0 Å². The molecule has 2 heterocycles. The second-order valence-electron chi connectivity index (χ2n) is 3.04. The van der Waals surface area contributed by atoms with E-state index in [0.29, 0.717) is 29.0 Å². The molecule has 0 atom stereocenters. The van der Waals surface area contributed by atoms with Crippen LogP contribution in [0.1, 0.15) is 0 Å². The molecule has 15 heavy (non-hydrogen) atoms. The number of halogens is 1. The summed E-state index contributed by atoms with van der Waals surface area (Å²) in [5.41, 5.74) is 0. The molecule has 2 N–H and O–H groups in total. The molecule has 0 unspecified atom stereocenters. The molecule has 0 radical (unpaired) electrons. The summed E-state index contributed by atoms with van der Waals surface area (Å²) in [5.74, 6) is 0.302. The van der Waals surface area contributed by atoms with Gasteiger partial charge in [0.25, 0.3) is 0 Å². The predicted octanol–water partition coefficient (Wildman–Crippen LogP) is 0.958. The van der Waals surface area contributed by atoms with Crippen LogP contribution in [0.25, 0.3) is 0 Å². The van der Waals surface area contributed by atoms with Crippen LogP contribution in [-0.4, -0.2) is 42.1 Å². The number of morpholine rings is 1. The van der Waals surface area contributed by atoms with Crippen LogP contribution >= 0.6 is 22.6 Å². The Labute approximate surface area is 101 Å². The fraction of sp³-hybridized carbons (Fsp3) is 0.500. The number of aromatic nitrogens is 1. The third-order valence-electron chi connectivity index (χ3n) is 2.03. The zero-order valence-corrected chi connectivity index (χ0v) is 10.2. The molecule has 82 valence electrons. The van der Waals surface area contributed by atoms with E-state index in [1.807, 2.05) is 27.5 Å². The molecule has 6 nitrogen and oxygen atoms in total. The van der Waals surface area contributed by atoms with E-state index in [2.05, 4.69) is 10.3 Å². The average Bonchev–Trinajstić information content (AvgIpc) is 2.65. The number of guanidine groups is 1. The molecule has 1 saturated heterocycles. The van der Waals surface area contributed by atoms with E-state index >= 15 is 0 Å². The van der Waals surface area contributed by atoms with Crippen molar-refractivity contribution in [3.8, 4) is 0 Å². The minimum atomic E-state index is 0.302. The average molecular weight is 322 g/mol. The van der Waals surface area contributed by atoms with Crippen molar-refractivity contribution in [2.45, 2.75) is 0 Å². The van der Waals surface area contributed by atoms with E-state index in [4.69, 9.17) is 14.6 Å². The molecule has 0 bridgehead atoms. The summed E-state index contributed by atoms with van der Waals surface area (Å²) in [6.07, 6.45) is 1.61. The number of nitrogens with zero attached hydrogens (tertiary/aromatic N) is 2. The number of hydrogen-bond acceptors (Lipinski definition) is 4. The Hall–Kier alpha value is -0.830. The van der Waals surface area contributed by atoms with Crippen molar-refractivity contribution in [2.75, 3.05) is 31.6 Å². The van der Waals surface area contributed by atoms with Crippen LogP contribution in [-0.2, 0) is 4.74 Å². The second kappa shape index (κ2) is 4.79. The van der Waals surface area contributed by atoms with Crippen molar-refractivity contribution in [3.63, 3.8) is 0 Å². The number of nitrogens with one attached hydrogen (secondary N) is 2. The van der Waals surface area contributed by atoms with Gasteiger partial charge in [0, 0.05) is 35.7 Å². The predicted molar refractivity (Wildman–Crippen MR) is 63.0 cm³/mol. The third kappa shape index (κ3) is 2.81. The molecule has 7 heteroatoms. The minimum Gasteiger partial charge on any atom is -0.417 e. The number of oxazole rings is 1. The zero-order valence-electron chi connectivity index (χ0n) is 7.99. The molecule has 0 spiro atoms. The normalized spacial score (nSPS) is 16.5. The van der Waals surface area contributed by atoms with E-state index < -0.39 is 0 Å². The van der Waals surface area contributed by atoms with Gasteiger partial charge in [-0.3, -0.25) is 10.7 Å². The highest BCUT2D eigenvalue weighted by Gasteiger charge is 2.15. The standard InChI is InChI=1S/C8H11IN4O2/c9-6-5-11-8(15-6)12-7(10)13-1-3-14-4-2-13/h5H,1-4H2,(H2,10,11,12). The van der Waals surface area contributed by atoms with Gasteiger partial charge in [-0.15, -0.1) is 0 Å². The van der Waals surface area contributed by atoms with Crippen LogP contribution < -0.4 is 5.32 Å². The van der Waals surface area contributed by atoms with Gasteiger partial charge in [-0.05, 0) is 0 Å². The summed E-state index contributed by atoms with van der Waals surface area (Å²) < 4.78 is 11.1. The monoisotopic (exact) mass is 322 g/mol. The molecular weight excluding hydrogens is 311 g/mol. The van der Waals surface area contributed by atoms with Gasteiger partial charge in [-0.2, -0.15) is 0 Å². The number of anilines is 1. The van der Waals surface area contributed by atoms with Crippen molar-refractivity contribution in [2.24, 2.45) is 0 Å². The third-order valence-corrected chi connectivity index (χ3v) is 2.53. The van der Waals surface area contributed by atoms with Gasteiger partial charge in [0.05, 0.1) is 19.4 Å². The Bertz CT molecular complexity index is 348. The lowest BCUT2D eigenvalue weighted by Gasteiger charge is -2.28. The Balaban J connectivity index is 1.91. The van der Waals surface area contributed by atoms with Crippen LogP contribution in [0.2, 0.25) is 0 Å². The molecular formula is C8H11IN4O2. The SMILES string of the molecule is N=C(Nc1ncc(I)o1)N1CCOCC1. The van der Waals surface area contributed by atoms with Crippen LogP contribution in [0.3, 0.4) is 0 Å². The first kappa shape index (κ1) is 10.7. The van der Waals surface area contributed by atoms with Crippen molar-refractivity contribution in [3.05, 3.63) is 9.96 Å². The summed E-state index contributed by atoms with van der Waals surface area (Å²) in [5, 5.41) is 10.6. The lowest BCUT2D eigenvalue weighted by Crippen LogP contribution is -2.43. The van der Waals surface area contributed by atoms with Crippen LogP contribution in [0.4, 0.5) is 6.01 Å². The minimum absolute atomic E-state index is 0.302. The highest BCUT2D eigenvalue weighted by molar-refractivity contribution is 14.1. The van der Waals surface area contributed by atoms with Gasteiger partial charge in [-0.25, -0.2) is 4.98 Å². The summed E-state index contributed by atoms with van der Waals surface area (Å²) in [6, 6.07) is 0.357. The first-order valence-electron chi connectivity index (χ1n) is 4.55. The molecule has 2 rings (SSSR count). The lowest BCUT2D eigenvalue weighted by molar-refractivity contribution is 0.0676. The molecule has 0 aromatic carbocycles. The molecule has 0 aliphatic carbocycles. The van der Waals surface area contributed by atoms with Crippen molar-refractivity contribution in [1.82, 2.24) is 9.88 Å². The molecule has 1 aliphatic rings. The molecule has 1 fully saturated rings. The number of hydrogen-bond donors (Lipinski definition) is 2. The molecule has 1 aromatic rings. The van der Waals surface area contributed by atoms with Gasteiger partial charge in [0.2, 0.25) is 0 Å². The lowest BCUT2D eigenvalue weighted by atomic mass is 10.4. The fourth-order valence-corrected chi connectivity index (χ4v) is 1.63. The topological polar surface area (TPSA) is 74.4 Å². The summed E-state index contributed by atoms with van der Waals surface area (Å²) >= 11 is 2.03. The van der Waals surface area contributed by atoms with Crippen LogP contribution in [0.15, 0.2) is 10.6 Å². The Morgan fingerprint density at radius 2 is 2.27 bits per heavy atom. The maximum atomic E-state index is 7.79. The van der Waals surface area contributed by atoms with Gasteiger partial charge in [0.1, 0.15) is 0 Å². The van der Waals surface area contributed by atoms with Crippen LogP contribution in [0.5, 0.6) is 0 Å². The number of rotatable bonds is 1. The van der Waals surface area contributed by atoms with Gasteiger partial charge >= 0.3 is 6.01 Å². The van der Waals surface area contributed by atoms with E-state index in [0.717, 1.165) is 13.1 Å². The van der Waals surface area contributed by atoms with Gasteiger partial charge in [-0.1, -0.05) is 0 Å². The molecule has 0 saturated carbocycles. The van der Waals surface area contributed by atoms with Crippen molar-refractivity contribution < 1.29 is 9.15 Å². The molecule has 1 aliphatic heterocycles. The van der Waals surface area contributed by atoms with E-state index in [-0.39, 0.29) is 0 Å². The Morgan fingerprint density at radius 1 is 1.53 bits per heavy atom. The maximum absolute atomic E-state index is 7.79. The van der Waals surface area contributed by atoms with E-state index in [1.54, 1.807) is 6.20 Å². The summed E-state index contributed by atoms with van der Waals surface area (Å²) in [6.45, 7) is 2.77. The Morgan fingerprint density at radius 3 is 2.87 bits per heavy atom. The quantitative estimate of drug-likeness (QED) is 0.458. The number of ether oxygens (including phenoxy) is 1. The van der Waals surface area contributed by atoms with Crippen molar-refractivity contribution in [1.29, 1.82) is 5.41 Å². The van der Waals surface area contributed by atoms with Gasteiger partial charge < -0.3 is 14.1 Å². The largest absolute Gasteiger partial charge is 0.417 e. The summed E-state index contributed by atoms with van der Waals surface area (Å²) in [4.78, 5) is 5.86. The highest BCUT2D eigenvalue weighted by atomic mass is 127. The fourth-order valence-electron chi connectivity index (χ4n) is 1.28.